The molecule has 196 valence electrons. The summed E-state index contributed by atoms with van der Waals surface area (Å²) < 4.78 is 5.16. The first-order valence-corrected chi connectivity index (χ1v) is 13.6. The fourth-order valence-electron chi connectivity index (χ4n) is 8.79. The Morgan fingerprint density at radius 1 is 1.14 bits per heavy atom. The highest BCUT2D eigenvalue weighted by Crippen LogP contribution is 2.67. The van der Waals surface area contributed by atoms with Crippen molar-refractivity contribution in [3.05, 3.63) is 23.3 Å². The number of methoxy groups -OCH3 is 1. The van der Waals surface area contributed by atoms with E-state index < -0.39 is 11.6 Å². The van der Waals surface area contributed by atoms with Crippen LogP contribution in [0.4, 0.5) is 0 Å². The summed E-state index contributed by atoms with van der Waals surface area (Å²) in [4.78, 5) is 24.5. The maximum absolute atomic E-state index is 12.9. The summed E-state index contributed by atoms with van der Waals surface area (Å²) in [6.45, 7) is 13.0. The molecule has 0 spiro atoms. The first-order valence-electron chi connectivity index (χ1n) is 13.6. The molecule has 2 saturated carbocycles. The summed E-state index contributed by atoms with van der Waals surface area (Å²) in [5, 5.41) is 20.2. The van der Waals surface area contributed by atoms with Crippen molar-refractivity contribution in [3.8, 4) is 0 Å². The van der Waals surface area contributed by atoms with Gasteiger partial charge >= 0.3 is 5.97 Å². The summed E-state index contributed by atoms with van der Waals surface area (Å²) >= 11 is 0. The van der Waals surface area contributed by atoms with Gasteiger partial charge in [-0.1, -0.05) is 46.8 Å². The molecule has 4 rings (SSSR count). The molecule has 8 atom stereocenters. The zero-order valence-corrected chi connectivity index (χ0v) is 22.8. The molecule has 0 aromatic carbocycles. The molecule has 0 unspecified atom stereocenters. The number of carbonyl (C=O) groups excluding carboxylic acids is 1. The topological polar surface area (TPSA) is 83.8 Å². The fraction of sp³-hybridized carbons (Fsp3) is 0.800. The van der Waals surface area contributed by atoms with E-state index in [4.69, 9.17) is 4.74 Å². The van der Waals surface area contributed by atoms with Gasteiger partial charge in [0.1, 0.15) is 5.78 Å². The highest BCUT2D eigenvalue weighted by atomic mass is 16.5. The quantitative estimate of drug-likeness (QED) is 0.464. The maximum atomic E-state index is 12.9. The Kier molecular flexibility index (Phi) is 6.71. The smallest absolute Gasteiger partial charge is 0.336 e. The van der Waals surface area contributed by atoms with Gasteiger partial charge in [0.25, 0.3) is 0 Å². The van der Waals surface area contributed by atoms with Gasteiger partial charge in [-0.2, -0.15) is 0 Å². The average Bonchev–Trinajstić information content (AvgIpc) is 3.13. The van der Waals surface area contributed by atoms with Crippen LogP contribution in [0.1, 0.15) is 92.9 Å². The van der Waals surface area contributed by atoms with Crippen LogP contribution in [0, 0.1) is 39.9 Å². The summed E-state index contributed by atoms with van der Waals surface area (Å²) in [5.41, 5.74) is 1.81. The second-order valence-corrected chi connectivity index (χ2v) is 13.4. The molecule has 0 aromatic heterocycles. The van der Waals surface area contributed by atoms with Gasteiger partial charge in [-0.05, 0) is 96.5 Å². The van der Waals surface area contributed by atoms with E-state index in [1.807, 2.05) is 0 Å². The summed E-state index contributed by atoms with van der Waals surface area (Å²) in [6.07, 6.45) is 11.3. The van der Waals surface area contributed by atoms with E-state index in [1.165, 1.54) is 19.6 Å². The van der Waals surface area contributed by atoms with Crippen molar-refractivity contribution < 1.29 is 24.5 Å². The summed E-state index contributed by atoms with van der Waals surface area (Å²) in [5.74, 6) is 0.480. The van der Waals surface area contributed by atoms with Crippen molar-refractivity contribution in [3.63, 3.8) is 0 Å². The Morgan fingerprint density at radius 2 is 1.83 bits per heavy atom. The molecule has 5 heteroatoms. The van der Waals surface area contributed by atoms with Gasteiger partial charge in [0.15, 0.2) is 5.60 Å². The predicted octanol–water partition coefficient (Wildman–Crippen LogP) is 5.96. The minimum atomic E-state index is -1.46. The molecule has 35 heavy (non-hydrogen) atoms. The minimum absolute atomic E-state index is 0.0368. The van der Waals surface area contributed by atoms with Crippen LogP contribution in [0.2, 0.25) is 0 Å². The number of rotatable bonds is 7. The van der Waals surface area contributed by atoms with Gasteiger partial charge in [-0.3, -0.25) is 4.79 Å². The fourth-order valence-corrected chi connectivity index (χ4v) is 8.79. The molecule has 0 aliphatic heterocycles. The van der Waals surface area contributed by atoms with E-state index in [0.29, 0.717) is 24.2 Å². The highest BCUT2D eigenvalue weighted by Gasteiger charge is 2.59. The number of allylic oxidation sites excluding steroid dienone is 4. The standard InChI is InChI=1S/C30H46O5/c1-18(16-19(31)17-30(6,35-7)26(33)34)21-9-10-22-20-8-11-24-27(2,3)25(32)13-15-29(24,5)23(20)12-14-28(21,22)4/h8,10,18,21,23-25,32H,9,11-17H2,1-7H3,(H,33,34)/t18-,21-,23-,24-,25+,28-,29+,30+/m0/s1. The number of aliphatic carboxylic acids is 1. The van der Waals surface area contributed by atoms with Gasteiger partial charge in [-0.15, -0.1) is 0 Å². The zero-order valence-electron chi connectivity index (χ0n) is 22.8. The lowest BCUT2D eigenvalue weighted by Gasteiger charge is -2.61. The Morgan fingerprint density at radius 3 is 2.46 bits per heavy atom. The van der Waals surface area contributed by atoms with Crippen molar-refractivity contribution in [2.45, 2.75) is 105 Å². The van der Waals surface area contributed by atoms with Gasteiger partial charge in [0.2, 0.25) is 0 Å². The predicted molar refractivity (Wildman–Crippen MR) is 137 cm³/mol. The number of carbonyl (C=O) groups is 2. The number of carboxylic acids is 1. The lowest BCUT2D eigenvalue weighted by molar-refractivity contribution is -0.163. The molecule has 0 heterocycles. The number of ether oxygens (including phenoxy) is 1. The Hall–Kier alpha value is -1.46. The number of carboxylic acid groups (broad SMARTS) is 1. The molecule has 4 aliphatic rings. The largest absolute Gasteiger partial charge is 0.479 e. The monoisotopic (exact) mass is 486 g/mol. The van der Waals surface area contributed by atoms with E-state index in [2.05, 4.69) is 46.8 Å². The van der Waals surface area contributed by atoms with Crippen LogP contribution < -0.4 is 0 Å². The second kappa shape index (κ2) is 8.83. The third-order valence-electron chi connectivity index (χ3n) is 11.2. The zero-order chi connectivity index (χ0) is 26.0. The second-order valence-electron chi connectivity index (χ2n) is 13.4. The van der Waals surface area contributed by atoms with Gasteiger partial charge in [0.05, 0.1) is 6.10 Å². The molecule has 4 aliphatic carbocycles. The van der Waals surface area contributed by atoms with Crippen molar-refractivity contribution in [2.24, 2.45) is 39.9 Å². The maximum Gasteiger partial charge on any atom is 0.336 e. The van der Waals surface area contributed by atoms with Crippen LogP contribution >= 0.6 is 0 Å². The molecule has 0 aromatic rings. The lowest BCUT2D eigenvalue weighted by Crippen LogP contribution is -2.55. The van der Waals surface area contributed by atoms with Crippen LogP contribution in [0.15, 0.2) is 23.3 Å². The molecule has 2 fully saturated rings. The number of hydrogen-bond acceptors (Lipinski definition) is 4. The Balaban J connectivity index is 1.52. The number of ketones is 1. The number of Topliss-reactive ketones (excluding diaryl/α,β-unsaturated/α-hetero) is 1. The van der Waals surface area contributed by atoms with Crippen LogP contribution in [0.25, 0.3) is 0 Å². The van der Waals surface area contributed by atoms with Crippen LogP contribution in [0.3, 0.4) is 0 Å². The van der Waals surface area contributed by atoms with E-state index in [0.717, 1.165) is 38.5 Å². The van der Waals surface area contributed by atoms with Gasteiger partial charge in [0, 0.05) is 20.0 Å². The first-order chi connectivity index (χ1) is 16.2. The molecule has 5 nitrogen and oxygen atoms in total. The van der Waals surface area contributed by atoms with Gasteiger partial charge < -0.3 is 14.9 Å². The normalized spacial score (nSPS) is 40.3. The average molecular weight is 487 g/mol. The minimum Gasteiger partial charge on any atom is -0.479 e. The molecule has 0 saturated heterocycles. The molecule has 0 bridgehead atoms. The van der Waals surface area contributed by atoms with Crippen LogP contribution in [-0.2, 0) is 14.3 Å². The number of hydrogen-bond donors (Lipinski definition) is 2. The number of aliphatic hydroxyl groups is 1. The highest BCUT2D eigenvalue weighted by molar-refractivity contribution is 5.87. The van der Waals surface area contributed by atoms with Crippen LogP contribution in [0.5, 0.6) is 0 Å². The Labute approximate surface area is 211 Å². The first kappa shape index (κ1) is 26.6. The molecular weight excluding hydrogens is 440 g/mol. The van der Waals surface area contributed by atoms with Crippen molar-refractivity contribution >= 4 is 11.8 Å². The number of aliphatic hydroxyl groups excluding tert-OH is 1. The third kappa shape index (κ3) is 4.05. The third-order valence-corrected chi connectivity index (χ3v) is 11.2. The molecule has 2 N–H and O–H groups in total. The van der Waals surface area contributed by atoms with Crippen molar-refractivity contribution in [1.82, 2.24) is 0 Å². The van der Waals surface area contributed by atoms with E-state index in [1.54, 1.807) is 5.57 Å². The Bertz CT molecular complexity index is 946. The van der Waals surface area contributed by atoms with E-state index in [-0.39, 0.29) is 40.5 Å². The summed E-state index contributed by atoms with van der Waals surface area (Å²) in [7, 11) is 1.36. The molecular formula is C30H46O5. The summed E-state index contributed by atoms with van der Waals surface area (Å²) in [6, 6.07) is 0. The molecule has 0 radical (unpaired) electrons. The van der Waals surface area contributed by atoms with E-state index in [9.17, 15) is 19.8 Å². The van der Waals surface area contributed by atoms with Crippen LogP contribution in [-0.4, -0.2) is 40.8 Å². The SMILES string of the molecule is CO[C@](C)(CC(=O)C[C@H](C)[C@@H]1CC=C2C3=CC[C@H]4C(C)(C)[C@H](O)CC[C@]4(C)[C@H]3CC[C@]21C)C(=O)O. The molecule has 0 amide bonds. The van der Waals surface area contributed by atoms with Gasteiger partial charge in [-0.25, -0.2) is 4.79 Å². The van der Waals surface area contributed by atoms with Crippen molar-refractivity contribution in [1.29, 1.82) is 0 Å². The van der Waals surface area contributed by atoms with E-state index >= 15 is 0 Å². The number of fused-ring (bicyclic) bond motifs is 5. The lowest BCUT2D eigenvalue weighted by atomic mass is 9.44. The van der Waals surface area contributed by atoms with Crippen molar-refractivity contribution in [2.75, 3.05) is 7.11 Å².